The largest absolute Gasteiger partial charge is 0.497 e. The van der Waals surface area contributed by atoms with E-state index in [0.717, 1.165) is 38.0 Å². The lowest BCUT2D eigenvalue weighted by Gasteiger charge is -2.36. The molecule has 1 aromatic heterocycles. The van der Waals surface area contributed by atoms with Crippen molar-refractivity contribution in [3.8, 4) is 5.75 Å². The molecule has 0 radical (unpaired) electrons. The van der Waals surface area contributed by atoms with Crippen LogP contribution in [0.4, 0.5) is 0 Å². The molecule has 1 aliphatic carbocycles. The Balaban J connectivity index is 1.47. The summed E-state index contributed by atoms with van der Waals surface area (Å²) in [6, 6.07) is 7.33. The van der Waals surface area contributed by atoms with Crippen molar-refractivity contribution in [2.75, 3.05) is 13.7 Å². The van der Waals surface area contributed by atoms with Gasteiger partial charge in [0, 0.05) is 37.5 Å². The first kappa shape index (κ1) is 16.6. The average molecular weight is 341 g/mol. The summed E-state index contributed by atoms with van der Waals surface area (Å²) in [5.74, 6) is 0.952. The highest BCUT2D eigenvalue weighted by Gasteiger charge is 2.31. The smallest absolute Gasteiger partial charge is 0.119 e. The molecular weight excluding hydrogens is 314 g/mol. The first-order valence-corrected chi connectivity index (χ1v) is 9.25. The highest BCUT2D eigenvalue weighted by molar-refractivity contribution is 5.38. The Morgan fingerprint density at radius 2 is 2.20 bits per heavy atom. The Morgan fingerprint density at radius 1 is 1.28 bits per heavy atom. The third-order valence-electron chi connectivity index (χ3n) is 5.47. The fraction of sp³-hybridized carbons (Fsp3) is 0.550. The Hall–Kier alpha value is -1.85. The van der Waals surface area contributed by atoms with Crippen molar-refractivity contribution >= 4 is 0 Å². The molecule has 1 saturated heterocycles. The van der Waals surface area contributed by atoms with E-state index in [1.54, 1.807) is 7.11 Å². The Labute approximate surface area is 149 Å². The van der Waals surface area contributed by atoms with Crippen molar-refractivity contribution in [3.63, 3.8) is 0 Å². The summed E-state index contributed by atoms with van der Waals surface area (Å²) >= 11 is 0. The Morgan fingerprint density at radius 3 is 3.00 bits per heavy atom. The van der Waals surface area contributed by atoms with Gasteiger partial charge < -0.3 is 14.8 Å². The number of nitrogens with zero attached hydrogens (tertiary/aromatic N) is 2. The quantitative estimate of drug-likeness (QED) is 0.929. The highest BCUT2D eigenvalue weighted by Crippen LogP contribution is 2.31. The number of aryl methyl sites for hydroxylation is 2. The minimum Gasteiger partial charge on any atom is -0.497 e. The van der Waals surface area contributed by atoms with Gasteiger partial charge in [-0.1, -0.05) is 6.07 Å². The van der Waals surface area contributed by atoms with Crippen LogP contribution in [0.2, 0.25) is 0 Å². The lowest BCUT2D eigenvalue weighted by atomic mass is 9.86. The predicted octanol–water partition coefficient (Wildman–Crippen LogP) is 2.80. The van der Waals surface area contributed by atoms with E-state index in [-0.39, 0.29) is 6.10 Å². The molecule has 5 nitrogen and oxygen atoms in total. The molecule has 134 valence electrons. The lowest BCUT2D eigenvalue weighted by molar-refractivity contribution is -0.0143. The third-order valence-corrected chi connectivity index (χ3v) is 5.47. The highest BCUT2D eigenvalue weighted by atomic mass is 16.5. The fourth-order valence-electron chi connectivity index (χ4n) is 4.17. The molecule has 2 aliphatic rings. The molecule has 1 fully saturated rings. The summed E-state index contributed by atoms with van der Waals surface area (Å²) in [5.41, 5.74) is 4.05. The van der Waals surface area contributed by atoms with E-state index in [1.807, 2.05) is 17.9 Å². The van der Waals surface area contributed by atoms with Gasteiger partial charge in [-0.25, -0.2) is 0 Å². The van der Waals surface area contributed by atoms with Crippen LogP contribution in [0.15, 0.2) is 30.6 Å². The second-order valence-electron chi connectivity index (χ2n) is 7.23. The molecule has 25 heavy (non-hydrogen) atoms. The van der Waals surface area contributed by atoms with E-state index in [4.69, 9.17) is 9.47 Å². The SMILES string of the molecule is COc1ccc2c(c1)CC(N[C@H]1CCCO[C@@H]1c1cnn(C)c1)CC2. The van der Waals surface area contributed by atoms with E-state index in [0.29, 0.717) is 12.1 Å². The molecule has 5 heteroatoms. The standard InChI is InChI=1S/C20H27N3O2/c1-23-13-16(12-21-23)20-19(4-3-9-25-20)22-17-7-5-14-6-8-18(24-2)11-15(14)10-17/h6,8,11-13,17,19-20,22H,3-5,7,9-10H2,1-2H3/t17?,19-,20+/m0/s1. The molecule has 2 heterocycles. The lowest BCUT2D eigenvalue weighted by Crippen LogP contribution is -2.46. The number of hydrogen-bond acceptors (Lipinski definition) is 4. The van der Waals surface area contributed by atoms with E-state index in [2.05, 4.69) is 34.8 Å². The molecule has 0 bridgehead atoms. The Bertz CT molecular complexity index is 727. The van der Waals surface area contributed by atoms with Crippen molar-refractivity contribution in [2.24, 2.45) is 7.05 Å². The topological polar surface area (TPSA) is 48.3 Å². The van der Waals surface area contributed by atoms with Crippen LogP contribution < -0.4 is 10.1 Å². The number of nitrogens with one attached hydrogen (secondary N) is 1. The summed E-state index contributed by atoms with van der Waals surface area (Å²) < 4.78 is 13.3. The van der Waals surface area contributed by atoms with Crippen molar-refractivity contribution in [1.82, 2.24) is 15.1 Å². The maximum Gasteiger partial charge on any atom is 0.119 e. The fourth-order valence-corrected chi connectivity index (χ4v) is 4.17. The van der Waals surface area contributed by atoms with Gasteiger partial charge in [-0.3, -0.25) is 4.68 Å². The second-order valence-corrected chi connectivity index (χ2v) is 7.23. The molecular formula is C20H27N3O2. The van der Waals surface area contributed by atoms with Gasteiger partial charge in [0.05, 0.1) is 13.3 Å². The van der Waals surface area contributed by atoms with Crippen LogP contribution in [-0.2, 0) is 24.6 Å². The van der Waals surface area contributed by atoms with Crippen LogP contribution >= 0.6 is 0 Å². The van der Waals surface area contributed by atoms with E-state index in [1.165, 1.54) is 23.1 Å². The molecule has 1 N–H and O–H groups in total. The van der Waals surface area contributed by atoms with Gasteiger partial charge in [0.25, 0.3) is 0 Å². The zero-order chi connectivity index (χ0) is 17.2. The molecule has 1 aromatic carbocycles. The monoisotopic (exact) mass is 341 g/mol. The number of benzene rings is 1. The van der Waals surface area contributed by atoms with Gasteiger partial charge in [-0.2, -0.15) is 5.10 Å². The predicted molar refractivity (Wildman–Crippen MR) is 96.9 cm³/mol. The van der Waals surface area contributed by atoms with Crippen LogP contribution in [0.1, 0.15) is 42.1 Å². The average Bonchev–Trinajstić information content (AvgIpc) is 3.08. The normalized spacial score (nSPS) is 26.2. The molecule has 0 amide bonds. The molecule has 1 unspecified atom stereocenters. The zero-order valence-electron chi connectivity index (χ0n) is 15.1. The van der Waals surface area contributed by atoms with Crippen LogP contribution in [0.25, 0.3) is 0 Å². The van der Waals surface area contributed by atoms with E-state index >= 15 is 0 Å². The van der Waals surface area contributed by atoms with Crippen LogP contribution in [0.3, 0.4) is 0 Å². The molecule has 0 saturated carbocycles. The number of methoxy groups -OCH3 is 1. The second kappa shape index (κ2) is 7.18. The summed E-state index contributed by atoms with van der Waals surface area (Å²) in [6.45, 7) is 0.836. The van der Waals surface area contributed by atoms with E-state index in [9.17, 15) is 0 Å². The number of ether oxygens (including phenoxy) is 2. The molecule has 2 aromatic rings. The number of hydrogen-bond donors (Lipinski definition) is 1. The molecule has 3 atom stereocenters. The van der Waals surface area contributed by atoms with Gasteiger partial charge in [0.15, 0.2) is 0 Å². The van der Waals surface area contributed by atoms with Crippen LogP contribution in [0, 0.1) is 0 Å². The van der Waals surface area contributed by atoms with Crippen molar-refractivity contribution in [2.45, 2.75) is 50.3 Å². The third kappa shape index (κ3) is 3.58. The first-order valence-electron chi connectivity index (χ1n) is 9.25. The summed E-state index contributed by atoms with van der Waals surface area (Å²) in [7, 11) is 3.69. The minimum absolute atomic E-state index is 0.106. The van der Waals surface area contributed by atoms with Gasteiger partial charge in [-0.15, -0.1) is 0 Å². The summed E-state index contributed by atoms with van der Waals surface area (Å²) in [5, 5.41) is 8.21. The maximum absolute atomic E-state index is 6.10. The van der Waals surface area contributed by atoms with Crippen molar-refractivity contribution < 1.29 is 9.47 Å². The minimum atomic E-state index is 0.106. The van der Waals surface area contributed by atoms with Gasteiger partial charge in [0.1, 0.15) is 11.9 Å². The molecule has 4 rings (SSSR count). The summed E-state index contributed by atoms with van der Waals surface area (Å²) in [4.78, 5) is 0. The molecule has 0 spiro atoms. The van der Waals surface area contributed by atoms with Crippen molar-refractivity contribution in [1.29, 1.82) is 0 Å². The summed E-state index contributed by atoms with van der Waals surface area (Å²) in [6.07, 6.45) is 9.75. The van der Waals surface area contributed by atoms with Gasteiger partial charge >= 0.3 is 0 Å². The number of rotatable bonds is 4. The molecule has 1 aliphatic heterocycles. The van der Waals surface area contributed by atoms with Crippen molar-refractivity contribution in [3.05, 3.63) is 47.3 Å². The van der Waals surface area contributed by atoms with E-state index < -0.39 is 0 Å². The van der Waals surface area contributed by atoms with Crippen LogP contribution in [-0.4, -0.2) is 35.6 Å². The number of fused-ring (bicyclic) bond motifs is 1. The zero-order valence-corrected chi connectivity index (χ0v) is 15.1. The van der Waals surface area contributed by atoms with Crippen LogP contribution in [0.5, 0.6) is 5.75 Å². The number of aromatic nitrogens is 2. The van der Waals surface area contributed by atoms with Gasteiger partial charge in [0.2, 0.25) is 0 Å². The maximum atomic E-state index is 6.10. The Kier molecular flexibility index (Phi) is 4.77. The first-order chi connectivity index (χ1) is 12.2. The van der Waals surface area contributed by atoms with Gasteiger partial charge in [-0.05, 0) is 55.4 Å².